The molecule has 0 bridgehead atoms. The highest BCUT2D eigenvalue weighted by molar-refractivity contribution is 5.54. The van der Waals surface area contributed by atoms with Crippen molar-refractivity contribution in [2.75, 3.05) is 30.7 Å². The molecule has 0 aliphatic carbocycles. The maximum absolute atomic E-state index is 8.91. The number of nitrogen functional groups attached to an aromatic ring is 1. The molecule has 5 nitrogen and oxygen atoms in total. The number of hydrogen-bond donors (Lipinski definition) is 2. The summed E-state index contributed by atoms with van der Waals surface area (Å²) in [6.07, 6.45) is 3.94. The van der Waals surface area contributed by atoms with Crippen molar-refractivity contribution in [3.63, 3.8) is 0 Å². The average Bonchev–Trinajstić information content (AvgIpc) is 2.42. The van der Waals surface area contributed by atoms with Crippen LogP contribution in [0.3, 0.4) is 0 Å². The van der Waals surface area contributed by atoms with E-state index in [1.807, 2.05) is 12.1 Å². The minimum Gasteiger partial charge on any atom is -0.396 e. The highest BCUT2D eigenvalue weighted by Gasteiger charge is 2.13. The molecule has 0 spiro atoms. The molecule has 0 radical (unpaired) electrons. The first-order valence-corrected chi connectivity index (χ1v) is 6.84. The predicted octanol–water partition coefficient (Wildman–Crippen LogP) is 1.82. The molecule has 1 aromatic rings. The van der Waals surface area contributed by atoms with Crippen molar-refractivity contribution in [1.29, 1.82) is 5.26 Å². The maximum Gasteiger partial charge on any atom is 0.165 e. The minimum atomic E-state index is 0.287. The number of nitrogens with one attached hydrogen (secondary N) is 1. The van der Waals surface area contributed by atoms with Crippen LogP contribution in [0.4, 0.5) is 11.5 Å². The Morgan fingerprint density at radius 2 is 2.16 bits per heavy atom. The third-order valence-electron chi connectivity index (χ3n) is 3.41. The van der Waals surface area contributed by atoms with Crippen molar-refractivity contribution in [1.82, 2.24) is 9.88 Å². The van der Waals surface area contributed by atoms with Gasteiger partial charge >= 0.3 is 0 Å². The lowest BCUT2D eigenvalue weighted by Gasteiger charge is -2.29. The quantitative estimate of drug-likeness (QED) is 0.862. The molecule has 0 saturated carbocycles. The van der Waals surface area contributed by atoms with Crippen LogP contribution in [0.5, 0.6) is 0 Å². The molecule has 0 amide bonds. The monoisotopic (exact) mass is 259 g/mol. The first-order valence-electron chi connectivity index (χ1n) is 6.84. The van der Waals surface area contributed by atoms with E-state index in [4.69, 9.17) is 11.0 Å². The van der Waals surface area contributed by atoms with Crippen molar-refractivity contribution in [2.24, 2.45) is 0 Å². The fraction of sp³-hybridized carbons (Fsp3) is 0.571. The van der Waals surface area contributed by atoms with Crippen LogP contribution in [0.15, 0.2) is 12.1 Å². The second-order valence-electron chi connectivity index (χ2n) is 5.15. The van der Waals surface area contributed by atoms with E-state index >= 15 is 0 Å². The van der Waals surface area contributed by atoms with Crippen molar-refractivity contribution in [3.8, 4) is 6.07 Å². The third-order valence-corrected chi connectivity index (χ3v) is 3.41. The molecule has 3 N–H and O–H groups in total. The summed E-state index contributed by atoms with van der Waals surface area (Å²) in [7, 11) is 0. The molecule has 1 fully saturated rings. The van der Waals surface area contributed by atoms with Gasteiger partial charge in [-0.25, -0.2) is 4.98 Å². The molecule has 102 valence electrons. The molecular formula is C14H21N5. The van der Waals surface area contributed by atoms with Crippen molar-refractivity contribution < 1.29 is 0 Å². The number of nitriles is 1. The third kappa shape index (κ3) is 3.83. The number of piperidine rings is 1. The SMILES string of the molecule is CC(CN1CCCCC1)Nc1ccc(N)c(C#N)n1. The second kappa shape index (κ2) is 6.39. The van der Waals surface area contributed by atoms with Crippen LogP contribution in [0, 0.1) is 11.3 Å². The van der Waals surface area contributed by atoms with E-state index in [0.717, 1.165) is 12.4 Å². The Labute approximate surface area is 114 Å². The van der Waals surface area contributed by atoms with E-state index < -0.39 is 0 Å². The fourth-order valence-electron chi connectivity index (χ4n) is 2.47. The summed E-state index contributed by atoms with van der Waals surface area (Å²) in [4.78, 5) is 6.68. The molecule has 1 aromatic heterocycles. The van der Waals surface area contributed by atoms with Gasteiger partial charge in [-0.15, -0.1) is 0 Å². The van der Waals surface area contributed by atoms with Crippen molar-refractivity contribution >= 4 is 11.5 Å². The molecule has 2 heterocycles. The van der Waals surface area contributed by atoms with Gasteiger partial charge in [0.1, 0.15) is 11.9 Å². The number of rotatable bonds is 4. The summed E-state index contributed by atoms with van der Waals surface area (Å²) in [6, 6.07) is 5.86. The van der Waals surface area contributed by atoms with Crippen LogP contribution in [-0.4, -0.2) is 35.6 Å². The zero-order valence-corrected chi connectivity index (χ0v) is 11.4. The molecule has 19 heavy (non-hydrogen) atoms. The van der Waals surface area contributed by atoms with E-state index in [0.29, 0.717) is 11.7 Å². The van der Waals surface area contributed by atoms with Gasteiger partial charge in [-0.3, -0.25) is 0 Å². The van der Waals surface area contributed by atoms with Crippen LogP contribution >= 0.6 is 0 Å². The van der Waals surface area contributed by atoms with Crippen molar-refractivity contribution in [2.45, 2.75) is 32.2 Å². The molecule has 1 unspecified atom stereocenters. The molecule has 5 heteroatoms. The Morgan fingerprint density at radius 1 is 1.42 bits per heavy atom. The summed E-state index contributed by atoms with van der Waals surface area (Å²) in [6.45, 7) is 5.52. The normalized spacial score (nSPS) is 17.7. The fourth-order valence-corrected chi connectivity index (χ4v) is 2.47. The Kier molecular flexibility index (Phi) is 4.58. The molecular weight excluding hydrogens is 238 g/mol. The number of aromatic nitrogens is 1. The van der Waals surface area contributed by atoms with Gasteiger partial charge in [0, 0.05) is 12.6 Å². The Morgan fingerprint density at radius 3 is 2.84 bits per heavy atom. The number of nitrogens with zero attached hydrogens (tertiary/aromatic N) is 3. The van der Waals surface area contributed by atoms with E-state index in [9.17, 15) is 0 Å². The lowest BCUT2D eigenvalue weighted by atomic mass is 10.1. The van der Waals surface area contributed by atoms with Gasteiger partial charge in [0.25, 0.3) is 0 Å². The largest absolute Gasteiger partial charge is 0.396 e. The van der Waals surface area contributed by atoms with E-state index in [1.165, 1.54) is 32.4 Å². The topological polar surface area (TPSA) is 78.0 Å². The van der Waals surface area contributed by atoms with Gasteiger partial charge in [0.2, 0.25) is 0 Å². The smallest absolute Gasteiger partial charge is 0.165 e. The van der Waals surface area contributed by atoms with Crippen LogP contribution < -0.4 is 11.1 Å². The summed E-state index contributed by atoms with van der Waals surface area (Å²) in [5.41, 5.74) is 6.37. The van der Waals surface area contributed by atoms with Gasteiger partial charge in [-0.1, -0.05) is 6.42 Å². The summed E-state index contributed by atoms with van der Waals surface area (Å²) < 4.78 is 0. The summed E-state index contributed by atoms with van der Waals surface area (Å²) >= 11 is 0. The number of hydrogen-bond acceptors (Lipinski definition) is 5. The maximum atomic E-state index is 8.91. The first kappa shape index (κ1) is 13.6. The standard InChI is InChI=1S/C14H21N5/c1-11(10-19-7-3-2-4-8-19)17-14-6-5-12(16)13(9-15)18-14/h5-6,11H,2-4,7-8,10,16H2,1H3,(H,17,18). The van der Waals surface area contributed by atoms with Gasteiger partial charge < -0.3 is 16.0 Å². The average molecular weight is 259 g/mol. The van der Waals surface area contributed by atoms with Crippen LogP contribution in [-0.2, 0) is 0 Å². The Balaban J connectivity index is 1.91. The highest BCUT2D eigenvalue weighted by Crippen LogP contribution is 2.14. The Hall–Kier alpha value is -1.80. The highest BCUT2D eigenvalue weighted by atomic mass is 15.2. The summed E-state index contributed by atoms with van der Waals surface area (Å²) in [5.74, 6) is 0.718. The van der Waals surface area contributed by atoms with Crippen LogP contribution in [0.1, 0.15) is 31.9 Å². The lowest BCUT2D eigenvalue weighted by molar-refractivity contribution is 0.223. The zero-order chi connectivity index (χ0) is 13.7. The van der Waals surface area contributed by atoms with Gasteiger partial charge in [-0.05, 0) is 45.0 Å². The lowest BCUT2D eigenvalue weighted by Crippen LogP contribution is -2.38. The molecule has 1 aliphatic heterocycles. The number of likely N-dealkylation sites (tertiary alicyclic amines) is 1. The molecule has 0 aromatic carbocycles. The van der Waals surface area contributed by atoms with Gasteiger partial charge in [0.15, 0.2) is 5.69 Å². The van der Waals surface area contributed by atoms with E-state index in [2.05, 4.69) is 22.1 Å². The van der Waals surface area contributed by atoms with Gasteiger partial charge in [0.05, 0.1) is 5.69 Å². The number of pyridine rings is 1. The molecule has 2 rings (SSSR count). The summed E-state index contributed by atoms with van der Waals surface area (Å²) in [5, 5.41) is 12.2. The Bertz CT molecular complexity index is 459. The number of nitrogens with two attached hydrogens (primary N) is 1. The minimum absolute atomic E-state index is 0.287. The van der Waals surface area contributed by atoms with E-state index in [1.54, 1.807) is 6.07 Å². The van der Waals surface area contributed by atoms with Crippen molar-refractivity contribution in [3.05, 3.63) is 17.8 Å². The van der Waals surface area contributed by atoms with Crippen LogP contribution in [0.2, 0.25) is 0 Å². The zero-order valence-electron chi connectivity index (χ0n) is 11.4. The first-order chi connectivity index (χ1) is 9.19. The second-order valence-corrected chi connectivity index (χ2v) is 5.15. The molecule has 1 atom stereocenters. The molecule has 1 saturated heterocycles. The molecule has 1 aliphatic rings. The number of anilines is 2. The van der Waals surface area contributed by atoms with E-state index in [-0.39, 0.29) is 5.69 Å². The van der Waals surface area contributed by atoms with Crippen LogP contribution in [0.25, 0.3) is 0 Å². The predicted molar refractivity (Wildman–Crippen MR) is 76.7 cm³/mol. The van der Waals surface area contributed by atoms with Gasteiger partial charge in [-0.2, -0.15) is 5.26 Å².